The third-order valence-corrected chi connectivity index (χ3v) is 5.05. The number of rotatable bonds is 3. The van der Waals surface area contributed by atoms with Crippen LogP contribution in [0.3, 0.4) is 0 Å². The highest BCUT2D eigenvalue weighted by Gasteiger charge is 2.28. The minimum absolute atomic E-state index is 0.00163. The number of nitrogens with zero attached hydrogens (tertiary/aromatic N) is 3. The van der Waals surface area contributed by atoms with E-state index in [4.69, 9.17) is 0 Å². The summed E-state index contributed by atoms with van der Waals surface area (Å²) in [4.78, 5) is 12.1. The molecule has 1 saturated heterocycles. The van der Waals surface area contributed by atoms with Crippen LogP contribution in [0.5, 0.6) is 0 Å². The number of ketones is 1. The van der Waals surface area contributed by atoms with E-state index in [1.807, 2.05) is 0 Å². The second kappa shape index (κ2) is 5.06. The number of aromatic nitrogens is 3. The van der Waals surface area contributed by atoms with E-state index in [0.29, 0.717) is 16.8 Å². The van der Waals surface area contributed by atoms with E-state index in [1.54, 1.807) is 7.05 Å². The van der Waals surface area contributed by atoms with Crippen LogP contribution in [0.4, 0.5) is 0 Å². The minimum Gasteiger partial charge on any atom is -0.312 e. The first-order valence-electron chi connectivity index (χ1n) is 5.41. The number of sulfone groups is 1. The fraction of sp³-hybridized carbons (Fsp3) is 0.667. The molecule has 0 radical (unpaired) electrons. The summed E-state index contributed by atoms with van der Waals surface area (Å²) in [5.74, 6) is -0.0417. The summed E-state index contributed by atoms with van der Waals surface area (Å²) in [6, 6.07) is -0.335. The Kier molecular flexibility index (Phi) is 3.83. The summed E-state index contributed by atoms with van der Waals surface area (Å²) in [5, 5.41) is 10.5. The van der Waals surface area contributed by atoms with Crippen LogP contribution >= 0.6 is 15.9 Å². The van der Waals surface area contributed by atoms with E-state index in [2.05, 4.69) is 31.6 Å². The van der Waals surface area contributed by atoms with Gasteiger partial charge in [-0.1, -0.05) is 5.21 Å². The Morgan fingerprint density at radius 3 is 2.89 bits per heavy atom. The van der Waals surface area contributed by atoms with Crippen molar-refractivity contribution in [2.24, 2.45) is 7.05 Å². The van der Waals surface area contributed by atoms with Crippen LogP contribution in [0.15, 0.2) is 4.60 Å². The molecular weight excluding hydrogens is 324 g/mol. The predicted octanol–water partition coefficient (Wildman–Crippen LogP) is -0.463. The molecule has 1 unspecified atom stereocenters. The first-order chi connectivity index (χ1) is 8.39. The third kappa shape index (κ3) is 2.96. The Morgan fingerprint density at radius 1 is 1.61 bits per heavy atom. The molecule has 100 valence electrons. The van der Waals surface area contributed by atoms with Crippen molar-refractivity contribution in [1.29, 1.82) is 0 Å². The Balaban J connectivity index is 2.08. The van der Waals surface area contributed by atoms with E-state index in [1.165, 1.54) is 4.68 Å². The van der Waals surface area contributed by atoms with Gasteiger partial charge in [-0.05, 0) is 15.9 Å². The van der Waals surface area contributed by atoms with Crippen molar-refractivity contribution in [3.63, 3.8) is 0 Å². The molecule has 1 atom stereocenters. The van der Waals surface area contributed by atoms with Crippen molar-refractivity contribution in [2.75, 3.05) is 18.1 Å². The van der Waals surface area contributed by atoms with Gasteiger partial charge in [0.05, 0.1) is 11.5 Å². The van der Waals surface area contributed by atoms with Crippen molar-refractivity contribution in [3.05, 3.63) is 10.3 Å². The molecule has 1 fully saturated rings. The summed E-state index contributed by atoms with van der Waals surface area (Å²) in [5.41, 5.74) is 0.361. The number of hydrogen-bond acceptors (Lipinski definition) is 6. The average Bonchev–Trinajstić information content (AvgIpc) is 2.57. The third-order valence-electron chi connectivity index (χ3n) is 2.78. The van der Waals surface area contributed by atoms with Crippen LogP contribution in [-0.4, -0.2) is 53.3 Å². The lowest BCUT2D eigenvalue weighted by Crippen LogP contribution is -2.46. The first kappa shape index (κ1) is 13.6. The number of nitrogens with one attached hydrogen (secondary N) is 1. The van der Waals surface area contributed by atoms with Crippen LogP contribution in [0, 0.1) is 0 Å². The Morgan fingerprint density at radius 2 is 2.33 bits per heavy atom. The number of Topliss-reactive ketones (excluding diaryl/α,β-unsaturated/α-hetero) is 1. The van der Waals surface area contributed by atoms with E-state index in [-0.39, 0.29) is 29.8 Å². The molecule has 9 heteroatoms. The van der Waals surface area contributed by atoms with Gasteiger partial charge >= 0.3 is 0 Å². The van der Waals surface area contributed by atoms with Gasteiger partial charge in [0.2, 0.25) is 0 Å². The smallest absolute Gasteiger partial charge is 0.185 e. The van der Waals surface area contributed by atoms with E-state index in [0.717, 1.165) is 0 Å². The van der Waals surface area contributed by atoms with Crippen LogP contribution in [0.25, 0.3) is 0 Å². The highest BCUT2D eigenvalue weighted by Crippen LogP contribution is 2.16. The first-order valence-corrected chi connectivity index (χ1v) is 8.02. The van der Waals surface area contributed by atoms with Gasteiger partial charge in [0.25, 0.3) is 0 Å². The van der Waals surface area contributed by atoms with E-state index < -0.39 is 9.84 Å². The quantitative estimate of drug-likeness (QED) is 0.750. The Hall–Kier alpha value is -0.800. The van der Waals surface area contributed by atoms with Crippen molar-refractivity contribution in [2.45, 2.75) is 12.5 Å². The second-order valence-electron chi connectivity index (χ2n) is 4.25. The van der Waals surface area contributed by atoms with Crippen LogP contribution in [-0.2, 0) is 16.9 Å². The molecule has 0 bridgehead atoms. The number of halogens is 1. The molecule has 1 aromatic rings. The molecule has 0 saturated carbocycles. The summed E-state index contributed by atoms with van der Waals surface area (Å²) in [6.45, 7) is 0.394. The molecule has 0 aromatic carbocycles. The average molecular weight is 337 g/mol. The predicted molar refractivity (Wildman–Crippen MR) is 68.1 cm³/mol. The van der Waals surface area contributed by atoms with Crippen molar-refractivity contribution in [3.8, 4) is 0 Å². The zero-order valence-electron chi connectivity index (χ0n) is 9.76. The Bertz CT molecular complexity index is 549. The van der Waals surface area contributed by atoms with Gasteiger partial charge in [-0.25, -0.2) is 13.1 Å². The zero-order valence-corrected chi connectivity index (χ0v) is 12.2. The van der Waals surface area contributed by atoms with Crippen molar-refractivity contribution >= 4 is 31.6 Å². The highest BCUT2D eigenvalue weighted by molar-refractivity contribution is 9.10. The molecule has 1 aliphatic heterocycles. The lowest BCUT2D eigenvalue weighted by atomic mass is 10.1. The maximum atomic E-state index is 12.1. The number of hydrogen-bond donors (Lipinski definition) is 1. The SMILES string of the molecule is Cn1nnc(Br)c1C(=O)CC1CS(=O)(=O)CCN1. The fourth-order valence-electron chi connectivity index (χ4n) is 1.95. The van der Waals surface area contributed by atoms with Gasteiger partial charge in [0, 0.05) is 26.1 Å². The number of carbonyl (C=O) groups is 1. The lowest BCUT2D eigenvalue weighted by Gasteiger charge is -2.22. The monoisotopic (exact) mass is 336 g/mol. The topological polar surface area (TPSA) is 93.9 Å². The number of carbonyl (C=O) groups excluding carboxylic acids is 1. The van der Waals surface area contributed by atoms with E-state index >= 15 is 0 Å². The van der Waals surface area contributed by atoms with Gasteiger partial charge in [-0.3, -0.25) is 4.79 Å². The molecular formula is C9H13BrN4O3S. The normalized spacial score (nSPS) is 22.9. The Labute approximate surface area is 113 Å². The van der Waals surface area contributed by atoms with Crippen molar-refractivity contribution < 1.29 is 13.2 Å². The molecule has 0 aliphatic carbocycles. The molecule has 0 amide bonds. The molecule has 2 heterocycles. The second-order valence-corrected chi connectivity index (χ2v) is 7.23. The molecule has 2 rings (SSSR count). The van der Waals surface area contributed by atoms with Gasteiger partial charge in [-0.2, -0.15) is 0 Å². The van der Waals surface area contributed by atoms with Crippen LogP contribution < -0.4 is 5.32 Å². The fourth-order valence-corrected chi connectivity index (χ4v) is 3.94. The van der Waals surface area contributed by atoms with Crippen LogP contribution in [0.1, 0.15) is 16.9 Å². The molecule has 18 heavy (non-hydrogen) atoms. The maximum Gasteiger partial charge on any atom is 0.185 e. The maximum absolute atomic E-state index is 12.1. The van der Waals surface area contributed by atoms with Gasteiger partial charge < -0.3 is 5.32 Å². The molecule has 1 aliphatic rings. The molecule has 1 aromatic heterocycles. The summed E-state index contributed by atoms with van der Waals surface area (Å²) >= 11 is 3.15. The van der Waals surface area contributed by atoms with Gasteiger partial charge in [0.15, 0.2) is 20.2 Å². The zero-order chi connectivity index (χ0) is 13.3. The van der Waals surface area contributed by atoms with Gasteiger partial charge in [-0.15, -0.1) is 5.10 Å². The lowest BCUT2D eigenvalue weighted by molar-refractivity contribution is 0.0962. The summed E-state index contributed by atoms with van der Waals surface area (Å²) in [7, 11) is -1.41. The summed E-state index contributed by atoms with van der Waals surface area (Å²) in [6.07, 6.45) is 0.124. The van der Waals surface area contributed by atoms with Gasteiger partial charge in [0.1, 0.15) is 5.69 Å². The molecule has 1 N–H and O–H groups in total. The molecule has 0 spiro atoms. The largest absolute Gasteiger partial charge is 0.312 e. The van der Waals surface area contributed by atoms with E-state index in [9.17, 15) is 13.2 Å². The minimum atomic E-state index is -3.03. The highest BCUT2D eigenvalue weighted by atomic mass is 79.9. The van der Waals surface area contributed by atoms with Crippen LogP contribution in [0.2, 0.25) is 0 Å². The number of aryl methyl sites for hydroxylation is 1. The standard InChI is InChI=1S/C9H13BrN4O3S/c1-14-8(9(10)12-13-14)7(15)4-6-5-18(16,17)3-2-11-6/h6,11H,2-5H2,1H3. The molecule has 7 nitrogen and oxygen atoms in total. The van der Waals surface area contributed by atoms with Crippen molar-refractivity contribution in [1.82, 2.24) is 20.3 Å². The summed E-state index contributed by atoms with van der Waals surface area (Å²) < 4.78 is 24.7.